The third-order valence-electron chi connectivity index (χ3n) is 1.88. The second-order valence-corrected chi connectivity index (χ2v) is 5.53. The Morgan fingerprint density at radius 2 is 2.38 bits per heavy atom. The summed E-state index contributed by atoms with van der Waals surface area (Å²) >= 11 is 4.96. The molecule has 0 spiro atoms. The molecule has 1 heterocycles. The lowest BCUT2D eigenvalue weighted by atomic mass is 10.0. The highest BCUT2D eigenvalue weighted by Crippen LogP contribution is 2.23. The summed E-state index contributed by atoms with van der Waals surface area (Å²) in [5.74, 6) is 0.192. The SMILES string of the molecule is CC(CN)C(=O)Cc1ccc(Br)s1. The highest BCUT2D eigenvalue weighted by atomic mass is 79.9. The molecule has 0 fully saturated rings. The molecular weight excluding hydrogens is 250 g/mol. The van der Waals surface area contributed by atoms with Gasteiger partial charge in [-0.05, 0) is 28.1 Å². The number of thiophene rings is 1. The zero-order valence-corrected chi connectivity index (χ0v) is 9.82. The maximum absolute atomic E-state index is 11.5. The molecule has 0 radical (unpaired) electrons. The summed E-state index contributed by atoms with van der Waals surface area (Å²) in [6.07, 6.45) is 0.509. The highest BCUT2D eigenvalue weighted by Gasteiger charge is 2.12. The predicted octanol–water partition coefficient (Wildman–Crippen LogP) is 2.22. The standard InChI is InChI=1S/C9H12BrNOS/c1-6(5-11)8(12)4-7-2-3-9(10)13-7/h2-3,6H,4-5,11H2,1H3. The number of carbonyl (C=O) groups is 1. The molecule has 2 N–H and O–H groups in total. The van der Waals surface area contributed by atoms with Crippen molar-refractivity contribution < 1.29 is 4.79 Å². The Kier molecular flexibility index (Phi) is 4.09. The normalized spacial score (nSPS) is 12.8. The minimum atomic E-state index is -0.0270. The molecule has 0 aromatic carbocycles. The molecule has 1 atom stereocenters. The lowest BCUT2D eigenvalue weighted by molar-refractivity contribution is -0.121. The molecule has 0 saturated heterocycles. The Hall–Kier alpha value is -0.190. The van der Waals surface area contributed by atoms with Crippen molar-refractivity contribution in [3.05, 3.63) is 20.8 Å². The quantitative estimate of drug-likeness (QED) is 0.904. The van der Waals surface area contributed by atoms with Crippen LogP contribution < -0.4 is 5.73 Å². The van der Waals surface area contributed by atoms with Crippen LogP contribution in [0.15, 0.2) is 15.9 Å². The average molecular weight is 262 g/mol. The van der Waals surface area contributed by atoms with Gasteiger partial charge in [-0.1, -0.05) is 6.92 Å². The van der Waals surface area contributed by atoms with E-state index in [4.69, 9.17) is 5.73 Å². The first-order chi connectivity index (χ1) is 6.13. The minimum absolute atomic E-state index is 0.0270. The second kappa shape index (κ2) is 4.88. The van der Waals surface area contributed by atoms with Crippen LogP contribution in [0.5, 0.6) is 0 Å². The van der Waals surface area contributed by atoms with E-state index in [9.17, 15) is 4.79 Å². The van der Waals surface area contributed by atoms with Gasteiger partial charge < -0.3 is 5.73 Å². The van der Waals surface area contributed by atoms with Gasteiger partial charge in [-0.2, -0.15) is 0 Å². The second-order valence-electron chi connectivity index (χ2n) is 2.99. The van der Waals surface area contributed by atoms with E-state index < -0.39 is 0 Å². The Bertz CT molecular complexity index is 298. The minimum Gasteiger partial charge on any atom is -0.330 e. The van der Waals surface area contributed by atoms with Crippen LogP contribution in [0.2, 0.25) is 0 Å². The van der Waals surface area contributed by atoms with Crippen molar-refractivity contribution in [2.75, 3.05) is 6.54 Å². The molecule has 1 unspecified atom stereocenters. The Balaban J connectivity index is 2.54. The van der Waals surface area contributed by atoms with Crippen molar-refractivity contribution in [1.82, 2.24) is 0 Å². The van der Waals surface area contributed by atoms with Crippen molar-refractivity contribution in [2.24, 2.45) is 11.7 Å². The first-order valence-corrected chi connectivity index (χ1v) is 5.71. The smallest absolute Gasteiger partial charge is 0.142 e. The van der Waals surface area contributed by atoms with Crippen LogP contribution in [0, 0.1) is 5.92 Å². The van der Waals surface area contributed by atoms with Gasteiger partial charge >= 0.3 is 0 Å². The number of halogens is 1. The molecule has 13 heavy (non-hydrogen) atoms. The van der Waals surface area contributed by atoms with Gasteiger partial charge in [0, 0.05) is 23.8 Å². The molecular formula is C9H12BrNOS. The average Bonchev–Trinajstić information content (AvgIpc) is 2.49. The lowest BCUT2D eigenvalue weighted by Gasteiger charge is -2.04. The molecule has 4 heteroatoms. The van der Waals surface area contributed by atoms with E-state index in [0.717, 1.165) is 8.66 Å². The van der Waals surface area contributed by atoms with Gasteiger partial charge in [-0.3, -0.25) is 4.79 Å². The molecule has 2 nitrogen and oxygen atoms in total. The Morgan fingerprint density at radius 3 is 2.85 bits per heavy atom. The van der Waals surface area contributed by atoms with E-state index in [2.05, 4.69) is 15.9 Å². The van der Waals surface area contributed by atoms with Gasteiger partial charge in [0.05, 0.1) is 3.79 Å². The zero-order valence-electron chi connectivity index (χ0n) is 7.42. The summed E-state index contributed by atoms with van der Waals surface area (Å²) in [6, 6.07) is 3.93. The van der Waals surface area contributed by atoms with Gasteiger partial charge in [0.2, 0.25) is 0 Å². The monoisotopic (exact) mass is 261 g/mol. The van der Waals surface area contributed by atoms with E-state index in [1.54, 1.807) is 11.3 Å². The molecule has 0 bridgehead atoms. The van der Waals surface area contributed by atoms with Gasteiger partial charge in [0.15, 0.2) is 0 Å². The molecule has 0 aliphatic rings. The summed E-state index contributed by atoms with van der Waals surface area (Å²) in [5.41, 5.74) is 5.41. The van der Waals surface area contributed by atoms with Gasteiger partial charge in [-0.25, -0.2) is 0 Å². The number of hydrogen-bond acceptors (Lipinski definition) is 3. The van der Waals surface area contributed by atoms with Crippen LogP contribution >= 0.6 is 27.3 Å². The summed E-state index contributed by atoms with van der Waals surface area (Å²) in [4.78, 5) is 12.6. The first kappa shape index (κ1) is 10.9. The van der Waals surface area contributed by atoms with Crippen molar-refractivity contribution in [2.45, 2.75) is 13.3 Å². The van der Waals surface area contributed by atoms with Crippen molar-refractivity contribution in [1.29, 1.82) is 0 Å². The van der Waals surface area contributed by atoms with Crippen LogP contribution in [0.3, 0.4) is 0 Å². The van der Waals surface area contributed by atoms with Crippen LogP contribution in [0.4, 0.5) is 0 Å². The van der Waals surface area contributed by atoms with E-state index in [1.807, 2.05) is 19.1 Å². The fraction of sp³-hybridized carbons (Fsp3) is 0.444. The van der Waals surface area contributed by atoms with Crippen LogP contribution in [-0.2, 0) is 11.2 Å². The van der Waals surface area contributed by atoms with E-state index in [0.29, 0.717) is 13.0 Å². The number of rotatable bonds is 4. The molecule has 72 valence electrons. The van der Waals surface area contributed by atoms with E-state index in [-0.39, 0.29) is 11.7 Å². The van der Waals surface area contributed by atoms with Crippen molar-refractivity contribution in [3.8, 4) is 0 Å². The lowest BCUT2D eigenvalue weighted by Crippen LogP contribution is -2.21. The van der Waals surface area contributed by atoms with Crippen LogP contribution in [0.25, 0.3) is 0 Å². The molecule has 0 saturated carbocycles. The van der Waals surface area contributed by atoms with Crippen molar-refractivity contribution in [3.63, 3.8) is 0 Å². The summed E-state index contributed by atoms with van der Waals surface area (Å²) < 4.78 is 1.07. The third kappa shape index (κ3) is 3.21. The summed E-state index contributed by atoms with van der Waals surface area (Å²) in [6.45, 7) is 2.30. The highest BCUT2D eigenvalue weighted by molar-refractivity contribution is 9.11. The molecule has 0 aliphatic heterocycles. The number of hydrogen-bond donors (Lipinski definition) is 1. The molecule has 0 amide bonds. The van der Waals surface area contributed by atoms with Crippen LogP contribution in [-0.4, -0.2) is 12.3 Å². The Labute approximate surface area is 90.3 Å². The third-order valence-corrected chi connectivity index (χ3v) is 3.50. The van der Waals surface area contributed by atoms with Gasteiger partial charge in [0.25, 0.3) is 0 Å². The predicted molar refractivity (Wildman–Crippen MR) is 58.9 cm³/mol. The topological polar surface area (TPSA) is 43.1 Å². The van der Waals surface area contributed by atoms with Crippen LogP contribution in [0.1, 0.15) is 11.8 Å². The van der Waals surface area contributed by atoms with E-state index in [1.165, 1.54) is 0 Å². The fourth-order valence-corrected chi connectivity index (χ4v) is 2.42. The van der Waals surface area contributed by atoms with Gasteiger partial charge in [-0.15, -0.1) is 11.3 Å². The first-order valence-electron chi connectivity index (χ1n) is 4.10. The molecule has 1 rings (SSSR count). The maximum atomic E-state index is 11.5. The number of ketones is 1. The summed E-state index contributed by atoms with van der Waals surface area (Å²) in [7, 11) is 0. The number of nitrogens with two attached hydrogens (primary N) is 1. The maximum Gasteiger partial charge on any atom is 0.142 e. The number of Topliss-reactive ketones (excluding diaryl/α,β-unsaturated/α-hetero) is 1. The number of carbonyl (C=O) groups excluding carboxylic acids is 1. The van der Waals surface area contributed by atoms with E-state index >= 15 is 0 Å². The molecule has 1 aromatic rings. The molecule has 0 aliphatic carbocycles. The molecule has 1 aromatic heterocycles. The summed E-state index contributed by atoms with van der Waals surface area (Å²) in [5, 5.41) is 0. The zero-order chi connectivity index (χ0) is 9.84. The van der Waals surface area contributed by atoms with Crippen molar-refractivity contribution >= 4 is 33.0 Å². The Morgan fingerprint density at radius 1 is 1.69 bits per heavy atom. The van der Waals surface area contributed by atoms with Gasteiger partial charge in [0.1, 0.15) is 5.78 Å². The fourth-order valence-electron chi connectivity index (χ4n) is 0.924. The largest absolute Gasteiger partial charge is 0.330 e.